The maximum Gasteiger partial charge on any atom is 0.419 e. The van der Waals surface area contributed by atoms with E-state index in [4.69, 9.17) is 9.68 Å². The molecule has 0 aliphatic rings. The second kappa shape index (κ2) is 8.75. The fourth-order valence-electron chi connectivity index (χ4n) is 3.58. The van der Waals surface area contributed by atoms with Crippen molar-refractivity contribution >= 4 is 11.1 Å². The largest absolute Gasteiger partial charge is 0.419 e. The van der Waals surface area contributed by atoms with Gasteiger partial charge >= 0.3 is 5.76 Å². The summed E-state index contributed by atoms with van der Waals surface area (Å²) in [7, 11) is 3.51. The Morgan fingerprint density at radius 2 is 2.06 bits per heavy atom. The van der Waals surface area contributed by atoms with Gasteiger partial charge in [-0.05, 0) is 48.5 Å². The lowest BCUT2D eigenvalue weighted by Gasteiger charge is -2.21. The minimum atomic E-state index is -0.747. The van der Waals surface area contributed by atoms with Crippen molar-refractivity contribution in [2.45, 2.75) is 12.6 Å². The number of oxazole rings is 1. The summed E-state index contributed by atoms with van der Waals surface area (Å²) in [6.45, 7) is 0.929. The van der Waals surface area contributed by atoms with Crippen molar-refractivity contribution in [1.82, 2.24) is 14.5 Å². The number of aryl methyl sites for hydroxylation is 1. The van der Waals surface area contributed by atoms with E-state index >= 15 is 0 Å². The number of aliphatic hydroxyl groups is 1. The number of hydrogen-bond acceptors (Lipinski definition) is 6. The number of rotatable bonds is 6. The summed E-state index contributed by atoms with van der Waals surface area (Å²) in [5.41, 5.74) is 3.95. The number of aromatic nitrogens is 2. The fraction of sp³-hybridized carbons (Fsp3) is 0.208. The molecule has 4 rings (SSSR count). The molecule has 2 aromatic heterocycles. The SMILES string of the molecule is CN(Cc1ccc(-c2ccc(C#N)c(F)c2)nc1)CC(O)c1ccc2oc(=O)n(C)c2c1. The quantitative estimate of drug-likeness (QED) is 0.502. The number of likely N-dealkylation sites (N-methyl/N-ethyl adjacent to an activating group) is 1. The summed E-state index contributed by atoms with van der Waals surface area (Å²) in [6.07, 6.45) is 0.963. The molecule has 0 fully saturated rings. The first-order valence-electron chi connectivity index (χ1n) is 9.96. The highest BCUT2D eigenvalue weighted by Gasteiger charge is 2.15. The highest BCUT2D eigenvalue weighted by Crippen LogP contribution is 2.22. The molecule has 8 heteroatoms. The van der Waals surface area contributed by atoms with E-state index in [1.807, 2.05) is 18.0 Å². The highest BCUT2D eigenvalue weighted by atomic mass is 19.1. The van der Waals surface area contributed by atoms with Gasteiger partial charge in [-0.3, -0.25) is 14.5 Å². The molecule has 1 atom stereocenters. The summed E-state index contributed by atoms with van der Waals surface area (Å²) in [4.78, 5) is 18.0. The van der Waals surface area contributed by atoms with Crippen LogP contribution in [-0.4, -0.2) is 33.1 Å². The summed E-state index contributed by atoms with van der Waals surface area (Å²) >= 11 is 0. The van der Waals surface area contributed by atoms with Crippen molar-refractivity contribution in [2.24, 2.45) is 7.05 Å². The maximum absolute atomic E-state index is 13.9. The van der Waals surface area contributed by atoms with Crippen LogP contribution in [0.3, 0.4) is 0 Å². The van der Waals surface area contributed by atoms with Crippen LogP contribution in [0.4, 0.5) is 4.39 Å². The Morgan fingerprint density at radius 3 is 2.75 bits per heavy atom. The minimum Gasteiger partial charge on any atom is -0.408 e. The summed E-state index contributed by atoms with van der Waals surface area (Å²) in [5.74, 6) is -1.01. The molecule has 2 heterocycles. The molecular formula is C24H21FN4O3. The van der Waals surface area contributed by atoms with E-state index in [2.05, 4.69) is 4.98 Å². The van der Waals surface area contributed by atoms with E-state index in [0.29, 0.717) is 41.0 Å². The highest BCUT2D eigenvalue weighted by molar-refractivity contribution is 5.73. The lowest BCUT2D eigenvalue weighted by Crippen LogP contribution is -2.24. The van der Waals surface area contributed by atoms with E-state index in [-0.39, 0.29) is 5.56 Å². The number of aliphatic hydroxyl groups excluding tert-OH is 1. The second-order valence-electron chi connectivity index (χ2n) is 7.72. The van der Waals surface area contributed by atoms with Gasteiger partial charge in [-0.2, -0.15) is 5.26 Å². The van der Waals surface area contributed by atoms with E-state index in [1.54, 1.807) is 49.6 Å². The first-order chi connectivity index (χ1) is 15.4. The van der Waals surface area contributed by atoms with E-state index < -0.39 is 17.7 Å². The van der Waals surface area contributed by atoms with Crippen LogP contribution in [-0.2, 0) is 13.6 Å². The number of pyridine rings is 1. The van der Waals surface area contributed by atoms with Gasteiger partial charge in [0.25, 0.3) is 0 Å². The van der Waals surface area contributed by atoms with E-state index in [1.165, 1.54) is 16.7 Å². The second-order valence-corrected chi connectivity index (χ2v) is 7.72. The zero-order chi connectivity index (χ0) is 22.8. The van der Waals surface area contributed by atoms with Crippen LogP contribution < -0.4 is 5.76 Å². The smallest absolute Gasteiger partial charge is 0.408 e. The van der Waals surface area contributed by atoms with Crippen molar-refractivity contribution in [3.8, 4) is 17.3 Å². The molecule has 1 N–H and O–H groups in total. The first-order valence-corrected chi connectivity index (χ1v) is 9.96. The topological polar surface area (TPSA) is 95.3 Å². The molecule has 162 valence electrons. The predicted molar refractivity (Wildman–Crippen MR) is 117 cm³/mol. The van der Waals surface area contributed by atoms with E-state index in [9.17, 15) is 14.3 Å². The first kappa shape index (κ1) is 21.4. The normalized spacial score (nSPS) is 12.2. The Balaban J connectivity index is 1.42. The van der Waals surface area contributed by atoms with Crippen LogP contribution >= 0.6 is 0 Å². The van der Waals surface area contributed by atoms with Crippen LogP contribution in [0.1, 0.15) is 22.8 Å². The van der Waals surface area contributed by atoms with Gasteiger partial charge in [-0.25, -0.2) is 9.18 Å². The van der Waals surface area contributed by atoms with Gasteiger partial charge in [0, 0.05) is 31.9 Å². The van der Waals surface area contributed by atoms with E-state index in [0.717, 1.165) is 5.56 Å². The van der Waals surface area contributed by atoms with Gasteiger partial charge in [0.2, 0.25) is 0 Å². The van der Waals surface area contributed by atoms with Crippen molar-refractivity contribution in [3.05, 3.63) is 87.8 Å². The molecule has 0 aliphatic carbocycles. The molecule has 0 aliphatic heterocycles. The average molecular weight is 432 g/mol. The zero-order valence-corrected chi connectivity index (χ0v) is 17.6. The van der Waals surface area contributed by atoms with Crippen LogP contribution in [0.25, 0.3) is 22.4 Å². The molecule has 1 unspecified atom stereocenters. The number of hydrogen-bond donors (Lipinski definition) is 1. The minimum absolute atomic E-state index is 0.000283. The molecule has 0 amide bonds. The molecule has 4 aromatic rings. The van der Waals surface area contributed by atoms with Crippen LogP contribution in [0.5, 0.6) is 0 Å². The molecule has 2 aromatic carbocycles. The summed E-state index contributed by atoms with van der Waals surface area (Å²) in [5, 5.41) is 19.5. The van der Waals surface area contributed by atoms with Crippen molar-refractivity contribution in [1.29, 1.82) is 5.26 Å². The van der Waals surface area contributed by atoms with Crippen LogP contribution in [0.15, 0.2) is 63.9 Å². The molecule has 7 nitrogen and oxygen atoms in total. The molecule has 0 saturated carbocycles. The van der Waals surface area contributed by atoms with Gasteiger partial charge in [-0.1, -0.05) is 18.2 Å². The predicted octanol–water partition coefficient (Wildman–Crippen LogP) is 3.37. The lowest BCUT2D eigenvalue weighted by molar-refractivity contribution is 0.124. The Bertz CT molecular complexity index is 1370. The third-order valence-electron chi connectivity index (χ3n) is 5.35. The zero-order valence-electron chi connectivity index (χ0n) is 17.6. The molecule has 0 spiro atoms. The molecular weight excluding hydrogens is 411 g/mol. The lowest BCUT2D eigenvalue weighted by atomic mass is 10.1. The Hall–Kier alpha value is -3.80. The van der Waals surface area contributed by atoms with Crippen LogP contribution in [0, 0.1) is 17.1 Å². The van der Waals surface area contributed by atoms with Gasteiger partial charge in [0.1, 0.15) is 11.9 Å². The number of nitrogens with zero attached hydrogens (tertiary/aromatic N) is 4. The molecule has 0 saturated heterocycles. The number of benzene rings is 2. The molecule has 0 bridgehead atoms. The van der Waals surface area contributed by atoms with Gasteiger partial charge < -0.3 is 9.52 Å². The monoisotopic (exact) mass is 432 g/mol. The van der Waals surface area contributed by atoms with Crippen LogP contribution in [0.2, 0.25) is 0 Å². The van der Waals surface area contributed by atoms with Crippen molar-refractivity contribution in [3.63, 3.8) is 0 Å². The number of halogens is 1. The number of nitriles is 1. The molecule has 0 radical (unpaired) electrons. The van der Waals surface area contributed by atoms with Gasteiger partial charge in [-0.15, -0.1) is 0 Å². The number of fused-ring (bicyclic) bond motifs is 1. The Labute approximate surface area is 183 Å². The maximum atomic E-state index is 13.9. The third kappa shape index (κ3) is 4.30. The third-order valence-corrected chi connectivity index (χ3v) is 5.35. The van der Waals surface area contributed by atoms with Gasteiger partial charge in [0.05, 0.1) is 22.9 Å². The molecule has 32 heavy (non-hydrogen) atoms. The standard InChI is InChI=1S/C24H21FN4O3/c1-28(14-22(30)17-6-8-23-21(10-17)29(2)24(31)32-23)13-15-3-7-20(27-12-15)16-4-5-18(11-26)19(25)9-16/h3-10,12,22,30H,13-14H2,1-2H3. The summed E-state index contributed by atoms with van der Waals surface area (Å²) in [6, 6.07) is 15.1. The summed E-state index contributed by atoms with van der Waals surface area (Å²) < 4.78 is 20.4. The van der Waals surface area contributed by atoms with Crippen molar-refractivity contribution in [2.75, 3.05) is 13.6 Å². The van der Waals surface area contributed by atoms with Gasteiger partial charge in [0.15, 0.2) is 5.58 Å². The Morgan fingerprint density at radius 1 is 1.25 bits per heavy atom. The fourth-order valence-corrected chi connectivity index (χ4v) is 3.58. The average Bonchev–Trinajstić information content (AvgIpc) is 3.07. The van der Waals surface area contributed by atoms with Crippen molar-refractivity contribution < 1.29 is 13.9 Å². The Kier molecular flexibility index (Phi) is 5.86.